The number of hydrogen-bond donors (Lipinski definition) is 2. The molecule has 0 aromatic heterocycles. The van der Waals surface area contributed by atoms with Crippen LogP contribution in [0.25, 0.3) is 0 Å². The molecule has 0 saturated carbocycles. The number of carboxylic acid groups (broad SMARTS) is 1. The molecule has 2 aliphatic heterocycles. The quantitative estimate of drug-likeness (QED) is 0.719. The Hall–Kier alpha value is -2.03. The summed E-state index contributed by atoms with van der Waals surface area (Å²) in [6.07, 6.45) is 1.24. The van der Waals surface area contributed by atoms with Crippen molar-refractivity contribution in [3.8, 4) is 11.8 Å². The minimum atomic E-state index is -1.07. The first kappa shape index (κ1) is 15.9. The van der Waals surface area contributed by atoms with Crippen LogP contribution in [0.4, 0.5) is 4.79 Å². The SMILES string of the molecule is O=C(O)N1CCC2(CC1)CC(O)(C#Cc1ccccc1)CCO2. The van der Waals surface area contributed by atoms with Gasteiger partial charge in [-0.05, 0) is 25.0 Å². The van der Waals surface area contributed by atoms with Crippen LogP contribution < -0.4 is 0 Å². The average Bonchev–Trinajstić information content (AvgIpc) is 2.54. The molecule has 1 amide bonds. The lowest BCUT2D eigenvalue weighted by Gasteiger charge is -2.47. The maximum Gasteiger partial charge on any atom is 0.407 e. The molecule has 2 aliphatic rings. The second-order valence-corrected chi connectivity index (χ2v) is 6.38. The van der Waals surface area contributed by atoms with Crippen LogP contribution in [0.2, 0.25) is 0 Å². The van der Waals surface area contributed by atoms with E-state index >= 15 is 0 Å². The molecule has 2 saturated heterocycles. The highest BCUT2D eigenvalue weighted by molar-refractivity contribution is 5.65. The Morgan fingerprint density at radius 3 is 2.52 bits per heavy atom. The van der Waals surface area contributed by atoms with Crippen LogP contribution in [-0.4, -0.2) is 52.1 Å². The summed E-state index contributed by atoms with van der Waals surface area (Å²) in [4.78, 5) is 12.4. The fraction of sp³-hybridized carbons (Fsp3) is 0.500. The van der Waals surface area contributed by atoms with Crippen LogP contribution >= 0.6 is 0 Å². The Morgan fingerprint density at radius 2 is 1.87 bits per heavy atom. The van der Waals surface area contributed by atoms with Gasteiger partial charge in [0.25, 0.3) is 0 Å². The normalized spacial score (nSPS) is 26.4. The molecule has 1 unspecified atom stereocenters. The van der Waals surface area contributed by atoms with Gasteiger partial charge in [-0.2, -0.15) is 0 Å². The van der Waals surface area contributed by atoms with Crippen molar-refractivity contribution in [2.45, 2.75) is 36.9 Å². The predicted octanol–water partition coefficient (Wildman–Crippen LogP) is 2.09. The van der Waals surface area contributed by atoms with Crippen molar-refractivity contribution >= 4 is 6.09 Å². The van der Waals surface area contributed by atoms with Gasteiger partial charge in [-0.15, -0.1) is 0 Å². The molecule has 5 heteroatoms. The third-order valence-corrected chi connectivity index (χ3v) is 4.70. The van der Waals surface area contributed by atoms with Gasteiger partial charge in [0.1, 0.15) is 5.60 Å². The highest BCUT2D eigenvalue weighted by atomic mass is 16.5. The Morgan fingerprint density at radius 1 is 1.17 bits per heavy atom. The zero-order valence-electron chi connectivity index (χ0n) is 13.0. The molecule has 1 aromatic carbocycles. The van der Waals surface area contributed by atoms with Crippen molar-refractivity contribution in [2.24, 2.45) is 0 Å². The van der Waals surface area contributed by atoms with Crippen molar-refractivity contribution < 1.29 is 19.7 Å². The Bertz CT molecular complexity index is 625. The molecular formula is C18H21NO4. The van der Waals surface area contributed by atoms with Gasteiger partial charge in [0.2, 0.25) is 0 Å². The van der Waals surface area contributed by atoms with Crippen LogP contribution in [0.15, 0.2) is 30.3 Å². The second-order valence-electron chi connectivity index (χ2n) is 6.38. The Labute approximate surface area is 135 Å². The number of amides is 1. The summed E-state index contributed by atoms with van der Waals surface area (Å²) in [7, 11) is 0. The molecule has 1 spiro atoms. The highest BCUT2D eigenvalue weighted by Gasteiger charge is 2.46. The molecule has 2 fully saturated rings. The Kier molecular flexibility index (Phi) is 4.29. The largest absolute Gasteiger partial charge is 0.465 e. The van der Waals surface area contributed by atoms with Crippen molar-refractivity contribution in [3.63, 3.8) is 0 Å². The molecule has 5 nitrogen and oxygen atoms in total. The lowest BCUT2D eigenvalue weighted by atomic mass is 9.77. The van der Waals surface area contributed by atoms with Crippen LogP contribution in [0.3, 0.4) is 0 Å². The number of rotatable bonds is 0. The number of nitrogens with zero attached hydrogens (tertiary/aromatic N) is 1. The van der Waals surface area contributed by atoms with Gasteiger partial charge < -0.3 is 19.8 Å². The van der Waals surface area contributed by atoms with E-state index in [1.54, 1.807) is 0 Å². The average molecular weight is 315 g/mol. The molecule has 1 aromatic rings. The van der Waals surface area contributed by atoms with Gasteiger partial charge in [-0.3, -0.25) is 0 Å². The van der Waals surface area contributed by atoms with Gasteiger partial charge >= 0.3 is 6.09 Å². The molecule has 2 N–H and O–H groups in total. The van der Waals surface area contributed by atoms with E-state index in [-0.39, 0.29) is 0 Å². The third kappa shape index (κ3) is 3.66. The van der Waals surface area contributed by atoms with E-state index in [1.165, 1.54) is 4.90 Å². The van der Waals surface area contributed by atoms with E-state index in [0.29, 0.717) is 45.4 Å². The van der Waals surface area contributed by atoms with Gasteiger partial charge in [0, 0.05) is 31.5 Å². The number of ether oxygens (including phenoxy) is 1. The lowest BCUT2D eigenvalue weighted by molar-refractivity contribution is -0.158. The van der Waals surface area contributed by atoms with E-state index in [1.807, 2.05) is 30.3 Å². The zero-order chi connectivity index (χ0) is 16.3. The smallest absolute Gasteiger partial charge is 0.407 e. The molecule has 0 radical (unpaired) electrons. The van der Waals surface area contributed by atoms with E-state index in [0.717, 1.165) is 5.56 Å². The molecular weight excluding hydrogens is 294 g/mol. The van der Waals surface area contributed by atoms with Crippen LogP contribution in [0.1, 0.15) is 31.2 Å². The highest BCUT2D eigenvalue weighted by Crippen LogP contribution is 2.39. The number of likely N-dealkylation sites (tertiary alicyclic amines) is 1. The van der Waals surface area contributed by atoms with E-state index in [2.05, 4.69) is 11.8 Å². The first-order valence-corrected chi connectivity index (χ1v) is 7.93. The van der Waals surface area contributed by atoms with E-state index in [9.17, 15) is 9.90 Å². The van der Waals surface area contributed by atoms with Crippen molar-refractivity contribution in [1.82, 2.24) is 4.90 Å². The molecule has 0 aliphatic carbocycles. The summed E-state index contributed by atoms with van der Waals surface area (Å²) in [6, 6.07) is 9.59. The maximum absolute atomic E-state index is 11.0. The summed E-state index contributed by atoms with van der Waals surface area (Å²) >= 11 is 0. The third-order valence-electron chi connectivity index (χ3n) is 4.70. The minimum absolute atomic E-state index is 0.438. The summed E-state index contributed by atoms with van der Waals surface area (Å²) in [5.41, 5.74) is -0.647. The Balaban J connectivity index is 1.71. The van der Waals surface area contributed by atoms with Gasteiger partial charge in [0.15, 0.2) is 0 Å². The monoisotopic (exact) mass is 315 g/mol. The first-order chi connectivity index (χ1) is 11.0. The fourth-order valence-corrected chi connectivity index (χ4v) is 3.35. The molecule has 1 atom stereocenters. The molecule has 122 valence electrons. The van der Waals surface area contributed by atoms with Crippen LogP contribution in [0, 0.1) is 11.8 Å². The predicted molar refractivity (Wildman–Crippen MR) is 85.0 cm³/mol. The number of carbonyl (C=O) groups is 1. The van der Waals surface area contributed by atoms with Crippen molar-refractivity contribution in [3.05, 3.63) is 35.9 Å². The minimum Gasteiger partial charge on any atom is -0.465 e. The topological polar surface area (TPSA) is 70.0 Å². The summed E-state index contributed by atoms with van der Waals surface area (Å²) in [6.45, 7) is 1.34. The lowest BCUT2D eigenvalue weighted by Crippen LogP contribution is -2.54. The van der Waals surface area contributed by atoms with Gasteiger partial charge in [-0.25, -0.2) is 4.79 Å². The number of benzene rings is 1. The maximum atomic E-state index is 11.0. The molecule has 3 rings (SSSR count). The zero-order valence-corrected chi connectivity index (χ0v) is 13.0. The summed E-state index contributed by atoms with van der Waals surface area (Å²) in [5, 5.41) is 19.9. The van der Waals surface area contributed by atoms with Crippen molar-refractivity contribution in [1.29, 1.82) is 0 Å². The number of aliphatic hydroxyl groups is 1. The van der Waals surface area contributed by atoms with Gasteiger partial charge in [0.05, 0.1) is 12.2 Å². The number of piperidine rings is 1. The second kappa shape index (κ2) is 6.23. The van der Waals surface area contributed by atoms with E-state index in [4.69, 9.17) is 9.84 Å². The number of hydrogen-bond acceptors (Lipinski definition) is 3. The first-order valence-electron chi connectivity index (χ1n) is 7.93. The summed E-state index contributed by atoms with van der Waals surface area (Å²) < 4.78 is 5.93. The van der Waals surface area contributed by atoms with E-state index < -0.39 is 17.3 Å². The van der Waals surface area contributed by atoms with Gasteiger partial charge in [-0.1, -0.05) is 30.0 Å². The molecule has 0 bridgehead atoms. The fourth-order valence-electron chi connectivity index (χ4n) is 3.35. The van der Waals surface area contributed by atoms with Crippen LogP contribution in [0.5, 0.6) is 0 Å². The molecule has 2 heterocycles. The van der Waals surface area contributed by atoms with Crippen LogP contribution in [-0.2, 0) is 4.74 Å². The van der Waals surface area contributed by atoms with Crippen molar-refractivity contribution in [2.75, 3.05) is 19.7 Å². The molecule has 23 heavy (non-hydrogen) atoms. The summed E-state index contributed by atoms with van der Waals surface area (Å²) in [5.74, 6) is 6.06. The standard InChI is InChI=1S/C18H21NO4/c20-16(21)19-11-8-18(9-12-19)14-17(22,10-13-23-18)7-6-15-4-2-1-3-5-15/h1-5,22H,8-14H2,(H,20,21).